The second kappa shape index (κ2) is 7.16. The fourth-order valence-electron chi connectivity index (χ4n) is 2.98. The molecule has 126 valence electrons. The number of rotatable bonds is 3. The van der Waals surface area contributed by atoms with Gasteiger partial charge in [-0.2, -0.15) is 0 Å². The van der Waals surface area contributed by atoms with Crippen LogP contribution in [0.3, 0.4) is 0 Å². The lowest BCUT2D eigenvalue weighted by atomic mass is 9.90. The smallest absolute Gasteiger partial charge is 0.227 e. The highest BCUT2D eigenvalue weighted by Crippen LogP contribution is 2.24. The first kappa shape index (κ1) is 17.5. The number of benzene rings is 1. The van der Waals surface area contributed by atoms with Crippen molar-refractivity contribution in [3.8, 4) is 0 Å². The van der Waals surface area contributed by atoms with Crippen LogP contribution in [0.5, 0.6) is 0 Å². The molecule has 1 aromatic carbocycles. The topological polar surface area (TPSA) is 49.4 Å². The molecule has 0 bridgehead atoms. The number of nitrogens with zero attached hydrogens (tertiary/aromatic N) is 1. The molecule has 1 heterocycles. The first-order valence-corrected chi connectivity index (χ1v) is 8.43. The Morgan fingerprint density at radius 2 is 1.70 bits per heavy atom. The molecule has 0 aliphatic carbocycles. The Morgan fingerprint density at radius 3 is 2.22 bits per heavy atom. The lowest BCUT2D eigenvalue weighted by Crippen LogP contribution is -2.46. The number of hydrogen-bond acceptors (Lipinski definition) is 2. The monoisotopic (exact) mass is 316 g/mol. The summed E-state index contributed by atoms with van der Waals surface area (Å²) in [7, 11) is 0. The van der Waals surface area contributed by atoms with E-state index in [4.69, 9.17) is 0 Å². The average molecular weight is 316 g/mol. The van der Waals surface area contributed by atoms with E-state index in [0.29, 0.717) is 13.1 Å². The summed E-state index contributed by atoms with van der Waals surface area (Å²) in [6.07, 6.45) is 1.49. The van der Waals surface area contributed by atoms with Gasteiger partial charge in [0, 0.05) is 24.4 Å². The zero-order valence-corrected chi connectivity index (χ0v) is 14.6. The van der Waals surface area contributed by atoms with Gasteiger partial charge in [0.25, 0.3) is 0 Å². The van der Waals surface area contributed by atoms with Crippen LogP contribution in [0.4, 0.5) is 0 Å². The molecule has 1 fully saturated rings. The van der Waals surface area contributed by atoms with Gasteiger partial charge in [-0.25, -0.2) is 0 Å². The minimum Gasteiger partial charge on any atom is -0.349 e. The summed E-state index contributed by atoms with van der Waals surface area (Å²) in [5.41, 5.74) is 0.762. The van der Waals surface area contributed by atoms with Gasteiger partial charge in [-0.3, -0.25) is 9.59 Å². The largest absolute Gasteiger partial charge is 0.349 e. The summed E-state index contributed by atoms with van der Waals surface area (Å²) in [6, 6.07) is 9.99. The second-order valence-electron chi connectivity index (χ2n) is 7.46. The third-order valence-electron chi connectivity index (χ3n) is 4.45. The van der Waals surface area contributed by atoms with Gasteiger partial charge < -0.3 is 10.2 Å². The van der Waals surface area contributed by atoms with Crippen molar-refractivity contribution in [2.45, 2.75) is 46.6 Å². The number of hydrogen-bond donors (Lipinski definition) is 1. The molecule has 0 saturated carbocycles. The number of carbonyl (C=O) groups excluding carboxylic acids is 2. The van der Waals surface area contributed by atoms with E-state index in [2.05, 4.69) is 5.32 Å². The van der Waals surface area contributed by atoms with E-state index in [1.807, 2.05) is 62.9 Å². The van der Waals surface area contributed by atoms with Crippen LogP contribution in [0.15, 0.2) is 30.3 Å². The van der Waals surface area contributed by atoms with Crippen molar-refractivity contribution >= 4 is 11.8 Å². The summed E-state index contributed by atoms with van der Waals surface area (Å²) < 4.78 is 0. The Balaban J connectivity index is 1.85. The third-order valence-corrected chi connectivity index (χ3v) is 4.45. The van der Waals surface area contributed by atoms with Crippen LogP contribution in [0.1, 0.15) is 52.1 Å². The Bertz CT molecular complexity index is 540. The molecule has 1 N–H and O–H groups in total. The predicted molar refractivity (Wildman–Crippen MR) is 91.8 cm³/mol. The number of amides is 2. The van der Waals surface area contributed by atoms with Crippen LogP contribution >= 0.6 is 0 Å². The predicted octanol–water partition coefficient (Wildman–Crippen LogP) is 3.15. The Kier molecular flexibility index (Phi) is 5.45. The molecular weight excluding hydrogens is 288 g/mol. The van der Waals surface area contributed by atoms with Crippen molar-refractivity contribution in [2.24, 2.45) is 11.3 Å². The van der Waals surface area contributed by atoms with Crippen LogP contribution < -0.4 is 5.32 Å². The van der Waals surface area contributed by atoms with Gasteiger partial charge in [0.15, 0.2) is 0 Å². The molecule has 2 amide bonds. The Morgan fingerprint density at radius 1 is 1.13 bits per heavy atom. The maximum Gasteiger partial charge on any atom is 0.227 e. The van der Waals surface area contributed by atoms with Crippen LogP contribution in [-0.2, 0) is 9.59 Å². The summed E-state index contributed by atoms with van der Waals surface area (Å²) in [5, 5.41) is 3.10. The molecule has 1 aliphatic heterocycles. The van der Waals surface area contributed by atoms with Crippen molar-refractivity contribution in [3.63, 3.8) is 0 Å². The van der Waals surface area contributed by atoms with E-state index in [1.54, 1.807) is 0 Å². The zero-order chi connectivity index (χ0) is 17.0. The zero-order valence-electron chi connectivity index (χ0n) is 14.6. The first-order valence-electron chi connectivity index (χ1n) is 8.43. The highest BCUT2D eigenvalue weighted by atomic mass is 16.2. The standard InChI is InChI=1S/C19H28N2O2/c1-14(15-8-6-5-7-9-15)20-17(22)16-10-12-21(13-11-16)18(23)19(2,3)4/h5-9,14,16H,10-13H2,1-4H3,(H,20,22)/t14-/m1/s1. The van der Waals surface area contributed by atoms with E-state index in [9.17, 15) is 9.59 Å². The number of likely N-dealkylation sites (tertiary alicyclic amines) is 1. The van der Waals surface area contributed by atoms with Crippen molar-refractivity contribution < 1.29 is 9.59 Å². The number of carbonyl (C=O) groups is 2. The van der Waals surface area contributed by atoms with E-state index < -0.39 is 0 Å². The SMILES string of the molecule is C[C@@H](NC(=O)C1CCN(C(=O)C(C)(C)C)CC1)c1ccccc1. The minimum atomic E-state index is -0.350. The van der Waals surface area contributed by atoms with Gasteiger partial charge in [-0.05, 0) is 25.3 Å². The Hall–Kier alpha value is -1.84. The Labute approximate surface area is 139 Å². The van der Waals surface area contributed by atoms with Crippen molar-refractivity contribution in [3.05, 3.63) is 35.9 Å². The van der Waals surface area contributed by atoms with Crippen molar-refractivity contribution in [1.82, 2.24) is 10.2 Å². The summed E-state index contributed by atoms with van der Waals surface area (Å²) in [4.78, 5) is 26.6. The fraction of sp³-hybridized carbons (Fsp3) is 0.579. The van der Waals surface area contributed by atoms with E-state index in [1.165, 1.54) is 0 Å². The molecule has 4 nitrogen and oxygen atoms in total. The van der Waals surface area contributed by atoms with E-state index >= 15 is 0 Å². The molecule has 23 heavy (non-hydrogen) atoms. The maximum absolute atomic E-state index is 12.4. The molecular formula is C19H28N2O2. The minimum absolute atomic E-state index is 0.00480. The van der Waals surface area contributed by atoms with Crippen LogP contribution in [-0.4, -0.2) is 29.8 Å². The van der Waals surface area contributed by atoms with Gasteiger partial charge >= 0.3 is 0 Å². The summed E-state index contributed by atoms with van der Waals surface area (Å²) in [5.74, 6) is 0.281. The quantitative estimate of drug-likeness (QED) is 0.931. The lowest BCUT2D eigenvalue weighted by molar-refractivity contribution is -0.142. The molecule has 0 radical (unpaired) electrons. The molecule has 4 heteroatoms. The van der Waals surface area contributed by atoms with Crippen LogP contribution in [0.2, 0.25) is 0 Å². The fourth-order valence-corrected chi connectivity index (χ4v) is 2.98. The molecule has 1 saturated heterocycles. The number of nitrogens with one attached hydrogen (secondary N) is 1. The van der Waals surface area contributed by atoms with Gasteiger partial charge in [0.1, 0.15) is 0 Å². The lowest BCUT2D eigenvalue weighted by Gasteiger charge is -2.35. The number of piperidine rings is 1. The summed E-state index contributed by atoms with van der Waals surface area (Å²) >= 11 is 0. The average Bonchev–Trinajstić information content (AvgIpc) is 2.54. The molecule has 0 unspecified atom stereocenters. The van der Waals surface area contributed by atoms with Gasteiger partial charge in [-0.1, -0.05) is 51.1 Å². The highest BCUT2D eigenvalue weighted by Gasteiger charge is 2.32. The van der Waals surface area contributed by atoms with Gasteiger partial charge in [0.05, 0.1) is 6.04 Å². The molecule has 2 rings (SSSR count). The molecule has 1 aliphatic rings. The summed E-state index contributed by atoms with van der Waals surface area (Å²) in [6.45, 7) is 9.17. The first-order chi connectivity index (χ1) is 10.8. The molecule has 1 atom stereocenters. The maximum atomic E-state index is 12.4. The van der Waals surface area contributed by atoms with Crippen LogP contribution in [0.25, 0.3) is 0 Å². The van der Waals surface area contributed by atoms with Gasteiger partial charge in [-0.15, -0.1) is 0 Å². The van der Waals surface area contributed by atoms with Crippen molar-refractivity contribution in [2.75, 3.05) is 13.1 Å². The highest BCUT2D eigenvalue weighted by molar-refractivity contribution is 5.82. The van der Waals surface area contributed by atoms with Gasteiger partial charge in [0.2, 0.25) is 11.8 Å². The molecule has 1 aromatic rings. The molecule has 0 spiro atoms. The van der Waals surface area contributed by atoms with E-state index in [-0.39, 0.29) is 29.2 Å². The second-order valence-corrected chi connectivity index (χ2v) is 7.46. The molecule has 0 aromatic heterocycles. The van der Waals surface area contributed by atoms with Crippen LogP contribution in [0, 0.1) is 11.3 Å². The van der Waals surface area contributed by atoms with Crippen molar-refractivity contribution in [1.29, 1.82) is 0 Å². The normalized spacial score (nSPS) is 17.7. The third kappa shape index (κ3) is 4.57. The van der Waals surface area contributed by atoms with E-state index in [0.717, 1.165) is 18.4 Å².